The standard InChI is InChI=1S/C14H26N4O4S/c1-4-6-13-15-14(22-16-13)10-17(2)23(19,20)18-8-5-7-12(9-18)11-21-3/h12H,4-11H2,1-3H3. The van der Waals surface area contributed by atoms with Crippen molar-refractivity contribution in [3.63, 3.8) is 0 Å². The zero-order valence-electron chi connectivity index (χ0n) is 14.1. The van der Waals surface area contributed by atoms with E-state index in [0.717, 1.165) is 25.7 Å². The van der Waals surface area contributed by atoms with Gasteiger partial charge in [-0.2, -0.15) is 22.0 Å². The van der Waals surface area contributed by atoms with Gasteiger partial charge >= 0.3 is 0 Å². The Morgan fingerprint density at radius 3 is 2.96 bits per heavy atom. The summed E-state index contributed by atoms with van der Waals surface area (Å²) in [6, 6.07) is 0. The SMILES string of the molecule is CCCc1noc(CN(C)S(=O)(=O)N2CCCC(COC)C2)n1. The van der Waals surface area contributed by atoms with Crippen LogP contribution in [0.4, 0.5) is 0 Å². The third-order valence-corrected chi connectivity index (χ3v) is 5.85. The molecule has 1 atom stereocenters. The van der Waals surface area contributed by atoms with Crippen molar-refractivity contribution in [3.8, 4) is 0 Å². The van der Waals surface area contributed by atoms with Gasteiger partial charge in [0.1, 0.15) is 0 Å². The Labute approximate surface area is 138 Å². The maximum Gasteiger partial charge on any atom is 0.282 e. The van der Waals surface area contributed by atoms with Gasteiger partial charge in [-0.05, 0) is 25.2 Å². The highest BCUT2D eigenvalue weighted by Gasteiger charge is 2.32. The van der Waals surface area contributed by atoms with Gasteiger partial charge in [0.15, 0.2) is 5.82 Å². The first-order valence-electron chi connectivity index (χ1n) is 7.99. The van der Waals surface area contributed by atoms with Crippen LogP contribution in [0.15, 0.2) is 4.52 Å². The number of aromatic nitrogens is 2. The maximum atomic E-state index is 12.7. The summed E-state index contributed by atoms with van der Waals surface area (Å²) >= 11 is 0. The Kier molecular flexibility index (Phi) is 6.51. The zero-order chi connectivity index (χ0) is 16.9. The summed E-state index contributed by atoms with van der Waals surface area (Å²) < 4.78 is 38.5. The number of nitrogens with zero attached hydrogens (tertiary/aromatic N) is 4. The molecular weight excluding hydrogens is 320 g/mol. The molecule has 23 heavy (non-hydrogen) atoms. The van der Waals surface area contributed by atoms with Crippen molar-refractivity contribution in [2.45, 2.75) is 39.2 Å². The van der Waals surface area contributed by atoms with Gasteiger partial charge in [0, 0.05) is 33.7 Å². The molecule has 0 aliphatic carbocycles. The number of aryl methyl sites for hydroxylation is 1. The highest BCUT2D eigenvalue weighted by Crippen LogP contribution is 2.21. The van der Waals surface area contributed by atoms with Crippen LogP contribution in [-0.4, -0.2) is 61.0 Å². The van der Waals surface area contributed by atoms with Gasteiger partial charge in [0.25, 0.3) is 10.2 Å². The van der Waals surface area contributed by atoms with E-state index in [2.05, 4.69) is 10.1 Å². The first-order chi connectivity index (χ1) is 11.0. The van der Waals surface area contributed by atoms with Crippen LogP contribution in [-0.2, 0) is 27.9 Å². The number of ether oxygens (including phenoxy) is 1. The predicted molar refractivity (Wildman–Crippen MR) is 84.9 cm³/mol. The summed E-state index contributed by atoms with van der Waals surface area (Å²) in [7, 11) is -0.349. The fourth-order valence-corrected chi connectivity index (χ4v) is 4.18. The number of hydrogen-bond donors (Lipinski definition) is 0. The van der Waals surface area contributed by atoms with Crippen molar-refractivity contribution in [3.05, 3.63) is 11.7 Å². The molecule has 0 bridgehead atoms. The highest BCUT2D eigenvalue weighted by molar-refractivity contribution is 7.86. The second kappa shape index (κ2) is 8.18. The second-order valence-corrected chi connectivity index (χ2v) is 7.98. The number of hydrogen-bond acceptors (Lipinski definition) is 6. The number of methoxy groups -OCH3 is 1. The minimum Gasteiger partial charge on any atom is -0.384 e. The molecule has 0 N–H and O–H groups in total. The van der Waals surface area contributed by atoms with Crippen LogP contribution in [0.25, 0.3) is 0 Å². The topological polar surface area (TPSA) is 88.8 Å². The fraction of sp³-hybridized carbons (Fsp3) is 0.857. The Balaban J connectivity index is 1.99. The van der Waals surface area contributed by atoms with E-state index >= 15 is 0 Å². The number of rotatable bonds is 8. The summed E-state index contributed by atoms with van der Waals surface area (Å²) in [6.07, 6.45) is 3.49. The lowest BCUT2D eigenvalue weighted by atomic mass is 10.0. The molecule has 1 fully saturated rings. The average molecular weight is 346 g/mol. The molecular formula is C14H26N4O4S. The van der Waals surface area contributed by atoms with Crippen molar-refractivity contribution in [2.75, 3.05) is 33.9 Å². The molecule has 2 rings (SSSR count). The first-order valence-corrected chi connectivity index (χ1v) is 9.38. The predicted octanol–water partition coefficient (Wildman–Crippen LogP) is 1.06. The monoisotopic (exact) mass is 346 g/mol. The van der Waals surface area contributed by atoms with Crippen LogP contribution >= 0.6 is 0 Å². The minimum atomic E-state index is -3.53. The van der Waals surface area contributed by atoms with E-state index in [1.165, 1.54) is 8.61 Å². The highest BCUT2D eigenvalue weighted by atomic mass is 32.2. The Hall–Kier alpha value is -1.03. The molecule has 1 aromatic heterocycles. The molecule has 1 saturated heterocycles. The van der Waals surface area contributed by atoms with Crippen LogP contribution in [0.1, 0.15) is 37.9 Å². The summed E-state index contributed by atoms with van der Waals surface area (Å²) in [5, 5.41) is 3.85. The van der Waals surface area contributed by atoms with Gasteiger partial charge in [-0.25, -0.2) is 0 Å². The molecule has 1 aromatic rings. The molecule has 8 nitrogen and oxygen atoms in total. The van der Waals surface area contributed by atoms with E-state index in [-0.39, 0.29) is 12.5 Å². The van der Waals surface area contributed by atoms with Crippen LogP contribution in [0.2, 0.25) is 0 Å². The van der Waals surface area contributed by atoms with Gasteiger partial charge in [0.05, 0.1) is 13.2 Å². The lowest BCUT2D eigenvalue weighted by Crippen LogP contribution is -2.47. The van der Waals surface area contributed by atoms with Crippen molar-refractivity contribution >= 4 is 10.2 Å². The van der Waals surface area contributed by atoms with Crippen LogP contribution in [0, 0.1) is 5.92 Å². The maximum absolute atomic E-state index is 12.7. The molecule has 0 radical (unpaired) electrons. The lowest BCUT2D eigenvalue weighted by molar-refractivity contribution is 0.116. The molecule has 2 heterocycles. The van der Waals surface area contributed by atoms with Gasteiger partial charge in [-0.3, -0.25) is 0 Å². The van der Waals surface area contributed by atoms with Crippen LogP contribution < -0.4 is 0 Å². The quantitative estimate of drug-likeness (QED) is 0.699. The molecule has 1 aliphatic rings. The van der Waals surface area contributed by atoms with Gasteiger partial charge in [-0.1, -0.05) is 12.1 Å². The molecule has 9 heteroatoms. The normalized spacial score (nSPS) is 20.3. The summed E-state index contributed by atoms with van der Waals surface area (Å²) in [5.41, 5.74) is 0. The molecule has 0 amide bonds. The molecule has 0 aromatic carbocycles. The summed E-state index contributed by atoms with van der Waals surface area (Å²) in [6.45, 7) is 3.73. The molecule has 1 unspecified atom stereocenters. The molecule has 132 valence electrons. The van der Waals surface area contributed by atoms with E-state index in [1.807, 2.05) is 6.92 Å². The summed E-state index contributed by atoms with van der Waals surface area (Å²) in [4.78, 5) is 4.22. The minimum absolute atomic E-state index is 0.0878. The Bertz CT molecular complexity index is 587. The molecule has 0 saturated carbocycles. The summed E-state index contributed by atoms with van der Waals surface area (Å²) in [5.74, 6) is 1.19. The van der Waals surface area contributed by atoms with E-state index in [0.29, 0.717) is 31.4 Å². The largest absolute Gasteiger partial charge is 0.384 e. The van der Waals surface area contributed by atoms with E-state index in [4.69, 9.17) is 9.26 Å². The van der Waals surface area contributed by atoms with E-state index in [9.17, 15) is 8.42 Å². The smallest absolute Gasteiger partial charge is 0.282 e. The third kappa shape index (κ3) is 4.72. The van der Waals surface area contributed by atoms with E-state index < -0.39 is 10.2 Å². The molecule has 1 aliphatic heterocycles. The first kappa shape index (κ1) is 18.3. The lowest BCUT2D eigenvalue weighted by Gasteiger charge is -2.33. The van der Waals surface area contributed by atoms with E-state index in [1.54, 1.807) is 14.2 Å². The third-order valence-electron chi connectivity index (χ3n) is 3.95. The Morgan fingerprint density at radius 2 is 2.26 bits per heavy atom. The van der Waals surface area contributed by atoms with Crippen molar-refractivity contribution in [1.82, 2.24) is 18.8 Å². The van der Waals surface area contributed by atoms with Gasteiger partial charge in [0.2, 0.25) is 5.89 Å². The van der Waals surface area contributed by atoms with Crippen LogP contribution in [0.5, 0.6) is 0 Å². The number of piperidine rings is 1. The molecule has 0 spiro atoms. The second-order valence-electron chi connectivity index (χ2n) is 5.94. The van der Waals surface area contributed by atoms with Gasteiger partial charge in [-0.15, -0.1) is 0 Å². The average Bonchev–Trinajstić information content (AvgIpc) is 2.95. The van der Waals surface area contributed by atoms with Crippen LogP contribution in [0.3, 0.4) is 0 Å². The van der Waals surface area contributed by atoms with Gasteiger partial charge < -0.3 is 9.26 Å². The van der Waals surface area contributed by atoms with Crippen molar-refractivity contribution in [2.24, 2.45) is 5.92 Å². The van der Waals surface area contributed by atoms with Crippen molar-refractivity contribution in [1.29, 1.82) is 0 Å². The fourth-order valence-electron chi connectivity index (χ4n) is 2.76. The van der Waals surface area contributed by atoms with Crippen molar-refractivity contribution < 1.29 is 17.7 Å². The Morgan fingerprint density at radius 1 is 1.48 bits per heavy atom. The zero-order valence-corrected chi connectivity index (χ0v) is 14.9.